The summed E-state index contributed by atoms with van der Waals surface area (Å²) in [6.07, 6.45) is -1.38. The summed E-state index contributed by atoms with van der Waals surface area (Å²) in [5, 5.41) is 9.17. The summed E-state index contributed by atoms with van der Waals surface area (Å²) in [7, 11) is 0. The van der Waals surface area contributed by atoms with Crippen molar-refractivity contribution in [3.63, 3.8) is 0 Å². The van der Waals surface area contributed by atoms with E-state index in [2.05, 4.69) is 4.98 Å². The molecule has 0 aliphatic rings. The van der Waals surface area contributed by atoms with Crippen LogP contribution < -0.4 is 0 Å². The van der Waals surface area contributed by atoms with Gasteiger partial charge in [-0.15, -0.1) is 0 Å². The largest absolute Gasteiger partial charge is 0.505 e. The van der Waals surface area contributed by atoms with Crippen molar-refractivity contribution in [2.75, 3.05) is 0 Å². The van der Waals surface area contributed by atoms with E-state index in [0.29, 0.717) is 6.29 Å². The Morgan fingerprint density at radius 2 is 2.23 bits per heavy atom. The van der Waals surface area contributed by atoms with Gasteiger partial charge < -0.3 is 5.11 Å². The average Bonchev–Trinajstić information content (AvgIpc) is 2.09. The lowest BCUT2D eigenvalue weighted by Crippen LogP contribution is -1.96. The van der Waals surface area contributed by atoms with Crippen LogP contribution in [0.4, 0.5) is 8.78 Å². The van der Waals surface area contributed by atoms with Crippen molar-refractivity contribution >= 4 is 28.9 Å². The third-order valence-corrected chi connectivity index (χ3v) is 2.51. The average molecular weight is 299 g/mol. The van der Waals surface area contributed by atoms with Crippen LogP contribution in [-0.2, 0) is 0 Å². The number of pyridine rings is 1. The Morgan fingerprint density at radius 3 is 2.69 bits per heavy atom. The van der Waals surface area contributed by atoms with Crippen molar-refractivity contribution in [1.29, 1.82) is 0 Å². The van der Waals surface area contributed by atoms with E-state index in [1.807, 2.05) is 0 Å². The fraction of sp³-hybridized carbons (Fsp3) is 0.143. The Bertz CT molecular complexity index is 344. The molecule has 0 aromatic carbocycles. The molecule has 1 aromatic heterocycles. The number of alkyl halides is 2. The molecule has 6 heteroatoms. The molecule has 13 heavy (non-hydrogen) atoms. The van der Waals surface area contributed by atoms with Gasteiger partial charge >= 0.3 is 0 Å². The molecule has 1 rings (SSSR count). The van der Waals surface area contributed by atoms with E-state index in [0.717, 1.165) is 6.20 Å². The minimum absolute atomic E-state index is 0.0953. The number of nitrogens with zero attached hydrogens (tertiary/aromatic N) is 1. The second kappa shape index (κ2) is 3.95. The molecule has 0 spiro atoms. The Morgan fingerprint density at radius 1 is 1.62 bits per heavy atom. The van der Waals surface area contributed by atoms with Crippen LogP contribution in [0.3, 0.4) is 0 Å². The van der Waals surface area contributed by atoms with Crippen LogP contribution in [0.2, 0.25) is 0 Å². The highest BCUT2D eigenvalue weighted by atomic mass is 127. The highest BCUT2D eigenvalue weighted by Gasteiger charge is 2.18. The van der Waals surface area contributed by atoms with Crippen molar-refractivity contribution in [1.82, 2.24) is 4.98 Å². The number of hydrogen-bond donors (Lipinski definition) is 1. The van der Waals surface area contributed by atoms with E-state index in [1.54, 1.807) is 22.6 Å². The van der Waals surface area contributed by atoms with Crippen molar-refractivity contribution in [3.05, 3.63) is 21.0 Å². The normalized spacial score (nSPS) is 10.5. The number of aldehydes is 1. The number of rotatable bonds is 2. The van der Waals surface area contributed by atoms with Crippen LogP contribution in [-0.4, -0.2) is 16.4 Å². The molecule has 0 fully saturated rings. The quantitative estimate of drug-likeness (QED) is 0.672. The van der Waals surface area contributed by atoms with Gasteiger partial charge in [0.05, 0.1) is 3.57 Å². The third kappa shape index (κ3) is 1.93. The summed E-state index contributed by atoms with van der Waals surface area (Å²) in [4.78, 5) is 13.6. The maximum atomic E-state index is 12.1. The number of halogens is 3. The van der Waals surface area contributed by atoms with Gasteiger partial charge in [0.2, 0.25) is 0 Å². The lowest BCUT2D eigenvalue weighted by atomic mass is 10.2. The van der Waals surface area contributed by atoms with Gasteiger partial charge in [-0.1, -0.05) is 0 Å². The van der Waals surface area contributed by atoms with Crippen molar-refractivity contribution in [2.45, 2.75) is 6.43 Å². The highest BCUT2D eigenvalue weighted by molar-refractivity contribution is 14.1. The van der Waals surface area contributed by atoms with Gasteiger partial charge in [0.15, 0.2) is 12.0 Å². The van der Waals surface area contributed by atoms with Crippen LogP contribution in [0.15, 0.2) is 6.20 Å². The lowest BCUT2D eigenvalue weighted by molar-refractivity contribution is 0.111. The molecule has 3 nitrogen and oxygen atoms in total. The van der Waals surface area contributed by atoms with Crippen molar-refractivity contribution in [3.8, 4) is 5.75 Å². The third-order valence-electron chi connectivity index (χ3n) is 1.38. The first-order chi connectivity index (χ1) is 6.07. The van der Waals surface area contributed by atoms with E-state index in [-0.39, 0.29) is 9.13 Å². The van der Waals surface area contributed by atoms with Crippen LogP contribution in [0, 0.1) is 3.57 Å². The van der Waals surface area contributed by atoms with E-state index in [4.69, 9.17) is 0 Å². The maximum absolute atomic E-state index is 12.1. The zero-order valence-electron chi connectivity index (χ0n) is 6.17. The first kappa shape index (κ1) is 10.3. The predicted molar refractivity (Wildman–Crippen MR) is 49.0 cm³/mol. The number of hydrogen-bond acceptors (Lipinski definition) is 3. The number of aromatic hydroxyl groups is 1. The Labute approximate surface area is 85.9 Å². The molecule has 0 saturated carbocycles. The smallest absolute Gasteiger partial charge is 0.284 e. The summed E-state index contributed by atoms with van der Waals surface area (Å²) in [6, 6.07) is 0. The Kier molecular flexibility index (Phi) is 3.12. The molecule has 70 valence electrons. The molecule has 0 aliphatic heterocycles. The maximum Gasteiger partial charge on any atom is 0.284 e. The lowest BCUT2D eigenvalue weighted by Gasteiger charge is -2.05. The van der Waals surface area contributed by atoms with Gasteiger partial charge in [0.25, 0.3) is 6.43 Å². The molecule has 0 amide bonds. The minimum Gasteiger partial charge on any atom is -0.505 e. The van der Waals surface area contributed by atoms with Gasteiger partial charge in [-0.25, -0.2) is 8.78 Å². The van der Waals surface area contributed by atoms with Gasteiger partial charge in [-0.05, 0) is 22.6 Å². The molecule has 1 heterocycles. The van der Waals surface area contributed by atoms with Crippen LogP contribution in [0.25, 0.3) is 0 Å². The summed E-state index contributed by atoms with van der Waals surface area (Å²) < 4.78 is 24.4. The zero-order valence-corrected chi connectivity index (χ0v) is 8.33. The summed E-state index contributed by atoms with van der Waals surface area (Å²) >= 11 is 1.61. The Balaban J connectivity index is 3.31. The monoisotopic (exact) mass is 299 g/mol. The van der Waals surface area contributed by atoms with E-state index in [9.17, 15) is 18.7 Å². The molecule has 0 bridgehead atoms. The first-order valence-corrected chi connectivity index (χ1v) is 4.26. The molecular weight excluding hydrogens is 295 g/mol. The van der Waals surface area contributed by atoms with Gasteiger partial charge in [-0.3, -0.25) is 9.78 Å². The minimum atomic E-state index is -2.84. The molecule has 0 aliphatic carbocycles. The van der Waals surface area contributed by atoms with E-state index >= 15 is 0 Å². The summed E-state index contributed by atoms with van der Waals surface area (Å²) in [6.45, 7) is 0. The highest BCUT2D eigenvalue weighted by Crippen LogP contribution is 2.31. The molecule has 0 radical (unpaired) electrons. The number of carbonyl (C=O) groups is 1. The standard InChI is InChI=1S/C7H4F2INO2/c8-7(9)5-6(13)4(10)3(2-12)1-11-5/h1-2,7,13H. The molecule has 1 aromatic rings. The van der Waals surface area contributed by atoms with Crippen molar-refractivity contribution in [2.24, 2.45) is 0 Å². The van der Waals surface area contributed by atoms with Gasteiger partial charge in [0.1, 0.15) is 5.69 Å². The molecule has 1 N–H and O–H groups in total. The molecule has 0 atom stereocenters. The Hall–Kier alpha value is -0.790. The summed E-state index contributed by atoms with van der Waals surface area (Å²) in [5.74, 6) is -0.625. The van der Waals surface area contributed by atoms with Gasteiger partial charge in [0, 0.05) is 11.8 Å². The van der Waals surface area contributed by atoms with E-state index in [1.165, 1.54) is 0 Å². The van der Waals surface area contributed by atoms with Crippen LogP contribution in [0.5, 0.6) is 5.75 Å². The second-order valence-electron chi connectivity index (χ2n) is 2.18. The summed E-state index contributed by atoms with van der Waals surface area (Å²) in [5.41, 5.74) is -0.600. The number of aromatic nitrogens is 1. The molecular formula is C7H4F2INO2. The second-order valence-corrected chi connectivity index (χ2v) is 3.26. The SMILES string of the molecule is O=Cc1cnc(C(F)F)c(O)c1I. The van der Waals surface area contributed by atoms with Gasteiger partial charge in [-0.2, -0.15) is 0 Å². The fourth-order valence-corrected chi connectivity index (χ4v) is 1.29. The topological polar surface area (TPSA) is 50.2 Å². The van der Waals surface area contributed by atoms with Crippen molar-refractivity contribution < 1.29 is 18.7 Å². The number of carbonyl (C=O) groups excluding carboxylic acids is 1. The predicted octanol–water partition coefficient (Wildman–Crippen LogP) is 2.14. The fourth-order valence-electron chi connectivity index (χ4n) is 0.748. The zero-order chi connectivity index (χ0) is 10.0. The molecule has 0 unspecified atom stereocenters. The van der Waals surface area contributed by atoms with E-state index < -0.39 is 17.9 Å². The molecule has 0 saturated heterocycles. The van der Waals surface area contributed by atoms with Crippen LogP contribution >= 0.6 is 22.6 Å². The first-order valence-electron chi connectivity index (χ1n) is 3.18. The van der Waals surface area contributed by atoms with Crippen LogP contribution in [0.1, 0.15) is 22.5 Å².